The van der Waals surface area contributed by atoms with Gasteiger partial charge in [0.1, 0.15) is 5.75 Å². The molecule has 0 amide bonds. The van der Waals surface area contributed by atoms with Crippen LogP contribution in [0.4, 0.5) is 0 Å². The van der Waals surface area contributed by atoms with Gasteiger partial charge in [-0.25, -0.2) is 0 Å². The van der Waals surface area contributed by atoms with Gasteiger partial charge >= 0.3 is 0 Å². The molecule has 1 aromatic heterocycles. The van der Waals surface area contributed by atoms with Crippen LogP contribution in [0.15, 0.2) is 53.7 Å². The minimum absolute atomic E-state index is 0.210. The van der Waals surface area contributed by atoms with Crippen molar-refractivity contribution in [2.75, 3.05) is 0 Å². The monoisotopic (exact) mass is 318 g/mol. The summed E-state index contributed by atoms with van der Waals surface area (Å²) >= 11 is 7.40. The molecule has 3 rings (SSSR count). The molecule has 7 heteroatoms. The third-order valence-electron chi connectivity index (χ3n) is 2.82. The summed E-state index contributed by atoms with van der Waals surface area (Å²) in [5, 5.41) is 22.4. The fraction of sp³-hybridized carbons (Fsp3) is 0.0714. The molecule has 0 unspecified atom stereocenters. The Labute approximate surface area is 130 Å². The molecule has 3 aromatic rings. The van der Waals surface area contributed by atoms with Gasteiger partial charge in [-0.1, -0.05) is 35.5 Å². The number of benzene rings is 2. The average Bonchev–Trinajstić information content (AvgIpc) is 2.96. The van der Waals surface area contributed by atoms with Crippen molar-refractivity contribution in [3.63, 3.8) is 0 Å². The molecule has 0 aliphatic carbocycles. The summed E-state index contributed by atoms with van der Waals surface area (Å²) in [6.07, 6.45) is 0. The number of phenols is 1. The average molecular weight is 319 g/mol. The third-order valence-corrected chi connectivity index (χ3v) is 4.06. The van der Waals surface area contributed by atoms with Gasteiger partial charge in [-0.2, -0.15) is 4.68 Å². The molecule has 2 aromatic carbocycles. The SMILES string of the molecule is Oc1ccc(-n2nnnc2SCc2ccc(Cl)cc2)cc1. The van der Waals surface area contributed by atoms with E-state index in [0.29, 0.717) is 5.16 Å². The Morgan fingerprint density at radius 1 is 1.05 bits per heavy atom. The van der Waals surface area contributed by atoms with Gasteiger partial charge in [0.2, 0.25) is 5.16 Å². The van der Waals surface area contributed by atoms with E-state index in [1.807, 2.05) is 24.3 Å². The zero-order chi connectivity index (χ0) is 14.7. The molecule has 0 saturated heterocycles. The van der Waals surface area contributed by atoms with Gasteiger partial charge in [-0.05, 0) is 52.4 Å². The number of thioether (sulfide) groups is 1. The third kappa shape index (κ3) is 3.34. The number of tetrazole rings is 1. The molecular weight excluding hydrogens is 308 g/mol. The van der Waals surface area contributed by atoms with Crippen LogP contribution in [0.3, 0.4) is 0 Å². The second kappa shape index (κ2) is 6.15. The molecule has 0 radical (unpaired) electrons. The van der Waals surface area contributed by atoms with Crippen LogP contribution >= 0.6 is 23.4 Å². The van der Waals surface area contributed by atoms with E-state index in [1.165, 1.54) is 11.8 Å². The van der Waals surface area contributed by atoms with Crippen LogP contribution in [-0.2, 0) is 5.75 Å². The Bertz CT molecular complexity index is 727. The first-order valence-electron chi connectivity index (χ1n) is 6.17. The molecule has 0 spiro atoms. The van der Waals surface area contributed by atoms with E-state index in [0.717, 1.165) is 22.0 Å². The summed E-state index contributed by atoms with van der Waals surface area (Å²) in [4.78, 5) is 0. The molecule has 0 aliphatic rings. The second-order valence-corrected chi connectivity index (χ2v) is 5.68. The lowest BCUT2D eigenvalue weighted by molar-refractivity contribution is 0.475. The largest absolute Gasteiger partial charge is 0.508 e. The second-order valence-electron chi connectivity index (χ2n) is 4.30. The molecule has 0 atom stereocenters. The maximum atomic E-state index is 9.32. The van der Waals surface area contributed by atoms with E-state index in [1.54, 1.807) is 28.9 Å². The van der Waals surface area contributed by atoms with E-state index in [-0.39, 0.29) is 5.75 Å². The van der Waals surface area contributed by atoms with E-state index >= 15 is 0 Å². The standard InChI is InChI=1S/C14H11ClN4OS/c15-11-3-1-10(2-4-11)9-21-14-16-17-18-19(14)12-5-7-13(20)8-6-12/h1-8,20H,9H2. The first-order valence-corrected chi connectivity index (χ1v) is 7.54. The summed E-state index contributed by atoms with van der Waals surface area (Å²) in [6.45, 7) is 0. The van der Waals surface area contributed by atoms with Crippen LogP contribution < -0.4 is 0 Å². The summed E-state index contributed by atoms with van der Waals surface area (Å²) in [5.41, 5.74) is 1.95. The Kier molecular flexibility index (Phi) is 4.08. The molecule has 5 nitrogen and oxygen atoms in total. The van der Waals surface area contributed by atoms with Crippen LogP contribution in [0.25, 0.3) is 5.69 Å². The smallest absolute Gasteiger partial charge is 0.214 e. The van der Waals surface area contributed by atoms with Crippen molar-refractivity contribution < 1.29 is 5.11 Å². The van der Waals surface area contributed by atoms with Crippen LogP contribution in [0.2, 0.25) is 5.02 Å². The normalized spacial score (nSPS) is 10.7. The lowest BCUT2D eigenvalue weighted by Gasteiger charge is -2.04. The van der Waals surface area contributed by atoms with Crippen molar-refractivity contribution >= 4 is 23.4 Å². The Morgan fingerprint density at radius 3 is 2.48 bits per heavy atom. The number of halogens is 1. The van der Waals surface area contributed by atoms with E-state index < -0.39 is 0 Å². The van der Waals surface area contributed by atoms with Gasteiger partial charge in [0.25, 0.3) is 0 Å². The van der Waals surface area contributed by atoms with Crippen LogP contribution in [0.1, 0.15) is 5.56 Å². The van der Waals surface area contributed by atoms with Gasteiger partial charge < -0.3 is 5.11 Å². The molecule has 0 aliphatic heterocycles. The topological polar surface area (TPSA) is 63.8 Å². The van der Waals surface area contributed by atoms with Gasteiger partial charge in [-0.3, -0.25) is 0 Å². The highest BCUT2D eigenvalue weighted by Gasteiger charge is 2.09. The number of hydrogen-bond donors (Lipinski definition) is 1. The minimum Gasteiger partial charge on any atom is -0.508 e. The van der Waals surface area contributed by atoms with E-state index in [2.05, 4.69) is 15.5 Å². The van der Waals surface area contributed by atoms with E-state index in [4.69, 9.17) is 11.6 Å². The predicted molar refractivity (Wildman–Crippen MR) is 81.8 cm³/mol. The summed E-state index contributed by atoms with van der Waals surface area (Å²) < 4.78 is 1.64. The lowest BCUT2D eigenvalue weighted by atomic mass is 10.2. The van der Waals surface area contributed by atoms with Crippen molar-refractivity contribution in [3.8, 4) is 11.4 Å². The summed E-state index contributed by atoms with van der Waals surface area (Å²) in [6, 6.07) is 14.4. The molecule has 0 fully saturated rings. The van der Waals surface area contributed by atoms with Crippen molar-refractivity contribution in [1.29, 1.82) is 0 Å². The van der Waals surface area contributed by atoms with Crippen molar-refractivity contribution in [2.45, 2.75) is 10.9 Å². The molecule has 106 valence electrons. The Hall–Kier alpha value is -2.05. The summed E-state index contributed by atoms with van der Waals surface area (Å²) in [5.74, 6) is 0.956. The van der Waals surface area contributed by atoms with Crippen molar-refractivity contribution in [3.05, 3.63) is 59.1 Å². The lowest BCUT2D eigenvalue weighted by Crippen LogP contribution is -1.98. The molecule has 0 bridgehead atoms. The molecule has 1 N–H and O–H groups in total. The first-order chi connectivity index (χ1) is 10.2. The van der Waals surface area contributed by atoms with Gasteiger partial charge in [-0.15, -0.1) is 5.10 Å². The summed E-state index contributed by atoms with van der Waals surface area (Å²) in [7, 11) is 0. The number of rotatable bonds is 4. The first kappa shape index (κ1) is 13.9. The molecular formula is C14H11ClN4OS. The highest BCUT2D eigenvalue weighted by Crippen LogP contribution is 2.23. The number of aromatic hydroxyl groups is 1. The molecule has 0 saturated carbocycles. The highest BCUT2D eigenvalue weighted by atomic mass is 35.5. The zero-order valence-electron chi connectivity index (χ0n) is 10.8. The minimum atomic E-state index is 0.210. The van der Waals surface area contributed by atoms with Gasteiger partial charge in [0.05, 0.1) is 5.69 Å². The number of phenolic OH excluding ortho intramolecular Hbond substituents is 1. The quantitative estimate of drug-likeness (QED) is 0.748. The van der Waals surface area contributed by atoms with Crippen LogP contribution in [0, 0.1) is 0 Å². The van der Waals surface area contributed by atoms with Crippen LogP contribution in [0.5, 0.6) is 5.75 Å². The zero-order valence-corrected chi connectivity index (χ0v) is 12.4. The van der Waals surface area contributed by atoms with Gasteiger partial charge in [0, 0.05) is 10.8 Å². The van der Waals surface area contributed by atoms with Crippen molar-refractivity contribution in [1.82, 2.24) is 20.2 Å². The van der Waals surface area contributed by atoms with Crippen molar-refractivity contribution in [2.24, 2.45) is 0 Å². The number of aromatic nitrogens is 4. The highest BCUT2D eigenvalue weighted by molar-refractivity contribution is 7.98. The number of hydrogen-bond acceptors (Lipinski definition) is 5. The maximum Gasteiger partial charge on any atom is 0.214 e. The fourth-order valence-corrected chi connectivity index (χ4v) is 2.73. The predicted octanol–water partition coefficient (Wildman–Crippen LogP) is 3.31. The van der Waals surface area contributed by atoms with Crippen LogP contribution in [-0.4, -0.2) is 25.3 Å². The molecule has 1 heterocycles. The fourth-order valence-electron chi connectivity index (χ4n) is 1.75. The Balaban J connectivity index is 1.76. The van der Waals surface area contributed by atoms with E-state index in [9.17, 15) is 5.11 Å². The Morgan fingerprint density at radius 2 is 1.76 bits per heavy atom. The number of nitrogens with zero attached hydrogens (tertiary/aromatic N) is 4. The van der Waals surface area contributed by atoms with Gasteiger partial charge in [0.15, 0.2) is 0 Å². The maximum absolute atomic E-state index is 9.32. The molecule has 21 heavy (non-hydrogen) atoms.